The van der Waals surface area contributed by atoms with E-state index in [0.717, 1.165) is 50.5 Å². The molecule has 2 fully saturated rings. The number of carbonyl (C=O) groups excluding carboxylic acids is 2. The maximum atomic E-state index is 13.4. The molecule has 0 saturated heterocycles. The van der Waals surface area contributed by atoms with Crippen LogP contribution in [-0.2, 0) is 14.3 Å². The number of primary amides is 1. The van der Waals surface area contributed by atoms with Gasteiger partial charge in [0.1, 0.15) is 11.4 Å². The van der Waals surface area contributed by atoms with Crippen LogP contribution in [0.25, 0.3) is 11.1 Å². The van der Waals surface area contributed by atoms with E-state index in [2.05, 4.69) is 4.98 Å². The smallest absolute Gasteiger partial charge is 0.319 e. The molecule has 1 aromatic carbocycles. The Labute approximate surface area is 164 Å². The molecule has 2 N–H and O–H groups in total. The first-order valence-corrected chi connectivity index (χ1v) is 10.5. The van der Waals surface area contributed by atoms with Crippen molar-refractivity contribution in [1.82, 2.24) is 4.98 Å². The summed E-state index contributed by atoms with van der Waals surface area (Å²) in [5, 5.41) is 0. The Bertz CT molecular complexity index is 814. The van der Waals surface area contributed by atoms with Crippen molar-refractivity contribution in [2.75, 3.05) is 0 Å². The zero-order valence-electron chi connectivity index (χ0n) is 16.2. The van der Waals surface area contributed by atoms with Gasteiger partial charge in [-0.1, -0.05) is 37.8 Å². The van der Waals surface area contributed by atoms with E-state index in [-0.39, 0.29) is 5.92 Å². The van der Waals surface area contributed by atoms with Gasteiger partial charge in [-0.25, -0.2) is 4.98 Å². The number of amides is 1. The molecule has 0 aliphatic heterocycles. The number of fused-ring (bicyclic) bond motifs is 1. The van der Waals surface area contributed by atoms with Crippen LogP contribution in [0.15, 0.2) is 28.7 Å². The van der Waals surface area contributed by atoms with Crippen LogP contribution in [0.4, 0.5) is 0 Å². The highest BCUT2D eigenvalue weighted by Crippen LogP contribution is 2.40. The van der Waals surface area contributed by atoms with Crippen molar-refractivity contribution in [1.29, 1.82) is 0 Å². The van der Waals surface area contributed by atoms with E-state index in [9.17, 15) is 9.59 Å². The Morgan fingerprint density at radius 2 is 1.75 bits per heavy atom. The summed E-state index contributed by atoms with van der Waals surface area (Å²) in [6.07, 6.45) is 8.91. The largest absolute Gasteiger partial charge is 0.448 e. The van der Waals surface area contributed by atoms with Crippen LogP contribution in [0.2, 0.25) is 0 Å². The first kappa shape index (κ1) is 19.0. The second-order valence-electron chi connectivity index (χ2n) is 8.24. The normalized spacial score (nSPS) is 21.3. The molecular weight excluding hydrogens is 356 g/mol. The molecule has 1 aromatic heterocycles. The lowest BCUT2D eigenvalue weighted by molar-refractivity contribution is -0.174. The van der Waals surface area contributed by atoms with Crippen LogP contribution in [0.3, 0.4) is 0 Å². The zero-order valence-corrected chi connectivity index (χ0v) is 16.2. The molecule has 1 unspecified atom stereocenters. The van der Waals surface area contributed by atoms with Crippen molar-refractivity contribution in [3.05, 3.63) is 30.2 Å². The number of aromatic nitrogens is 1. The minimum Gasteiger partial charge on any atom is -0.448 e. The van der Waals surface area contributed by atoms with Crippen LogP contribution < -0.4 is 5.73 Å². The molecule has 4 rings (SSSR count). The predicted octanol–water partition coefficient (Wildman–Crippen LogP) is 4.22. The summed E-state index contributed by atoms with van der Waals surface area (Å²) in [6.45, 7) is 0. The number of nitrogens with zero attached hydrogens (tertiary/aromatic N) is 1. The molecule has 2 saturated carbocycles. The molecule has 0 bridgehead atoms. The van der Waals surface area contributed by atoms with Gasteiger partial charge in [0.05, 0.1) is 0 Å². The number of hydrogen-bond donors (Lipinski definition) is 1. The highest BCUT2D eigenvalue weighted by atomic mass is 16.6. The SMILES string of the molecule is NC(=O)C1(OC(=O)C(c2nc3ccccc3o2)C2CCCCC2)CCCCC1. The number of ether oxygens (including phenoxy) is 1. The maximum absolute atomic E-state index is 13.4. The number of oxazole rings is 1. The highest BCUT2D eigenvalue weighted by molar-refractivity contribution is 5.88. The molecule has 1 heterocycles. The van der Waals surface area contributed by atoms with E-state index < -0.39 is 23.4 Å². The first-order chi connectivity index (χ1) is 13.6. The molecule has 150 valence electrons. The molecule has 2 aliphatic rings. The third kappa shape index (κ3) is 3.64. The van der Waals surface area contributed by atoms with Gasteiger partial charge in [0.15, 0.2) is 11.2 Å². The Morgan fingerprint density at radius 3 is 2.43 bits per heavy atom. The quantitative estimate of drug-likeness (QED) is 0.779. The number of carbonyl (C=O) groups is 2. The molecule has 0 radical (unpaired) electrons. The standard InChI is InChI=1S/C22H28N2O4/c23-21(26)22(13-7-2-8-14-22)28-20(25)18(15-9-3-1-4-10-15)19-24-16-11-5-6-12-17(16)27-19/h5-6,11-12,15,18H,1-4,7-10,13-14H2,(H2,23,26). The fourth-order valence-electron chi connectivity index (χ4n) is 4.76. The van der Waals surface area contributed by atoms with E-state index in [4.69, 9.17) is 14.9 Å². The van der Waals surface area contributed by atoms with E-state index >= 15 is 0 Å². The van der Waals surface area contributed by atoms with Crippen molar-refractivity contribution >= 4 is 23.0 Å². The summed E-state index contributed by atoms with van der Waals surface area (Å²) in [5.41, 5.74) is 5.88. The van der Waals surface area contributed by atoms with Gasteiger partial charge in [0.25, 0.3) is 5.91 Å². The van der Waals surface area contributed by atoms with Crippen LogP contribution >= 0.6 is 0 Å². The third-order valence-electron chi connectivity index (χ3n) is 6.36. The number of rotatable bonds is 5. The molecule has 0 spiro atoms. The van der Waals surface area contributed by atoms with Crippen molar-refractivity contribution in [3.63, 3.8) is 0 Å². The molecule has 6 heteroatoms. The minimum absolute atomic E-state index is 0.114. The summed E-state index contributed by atoms with van der Waals surface area (Å²) in [4.78, 5) is 30.1. The minimum atomic E-state index is -1.19. The number of para-hydroxylation sites is 2. The summed E-state index contributed by atoms with van der Waals surface area (Å²) in [7, 11) is 0. The maximum Gasteiger partial charge on any atom is 0.319 e. The fraction of sp³-hybridized carbons (Fsp3) is 0.591. The summed E-state index contributed by atoms with van der Waals surface area (Å²) in [6, 6.07) is 7.50. The second kappa shape index (κ2) is 7.94. The summed E-state index contributed by atoms with van der Waals surface area (Å²) in [5.74, 6) is -1.04. The van der Waals surface area contributed by atoms with E-state index in [1.807, 2.05) is 24.3 Å². The number of benzene rings is 1. The van der Waals surface area contributed by atoms with Gasteiger partial charge in [-0.15, -0.1) is 0 Å². The Kier molecular flexibility index (Phi) is 5.38. The predicted molar refractivity (Wildman–Crippen MR) is 104 cm³/mol. The van der Waals surface area contributed by atoms with Gasteiger partial charge in [-0.05, 0) is 56.6 Å². The average molecular weight is 384 g/mol. The molecular formula is C22H28N2O4. The summed E-state index contributed by atoms with van der Waals surface area (Å²) < 4.78 is 11.9. The van der Waals surface area contributed by atoms with Gasteiger partial charge in [0, 0.05) is 0 Å². The molecule has 2 aliphatic carbocycles. The van der Waals surface area contributed by atoms with Crippen LogP contribution in [0, 0.1) is 5.92 Å². The van der Waals surface area contributed by atoms with Crippen molar-refractivity contribution < 1.29 is 18.7 Å². The Hall–Kier alpha value is -2.37. The fourth-order valence-corrected chi connectivity index (χ4v) is 4.76. The highest BCUT2D eigenvalue weighted by Gasteiger charge is 2.45. The van der Waals surface area contributed by atoms with Gasteiger partial charge in [-0.2, -0.15) is 0 Å². The Morgan fingerprint density at radius 1 is 1.07 bits per heavy atom. The van der Waals surface area contributed by atoms with E-state index in [1.54, 1.807) is 0 Å². The van der Waals surface area contributed by atoms with Crippen molar-refractivity contribution in [2.45, 2.75) is 75.7 Å². The second-order valence-corrected chi connectivity index (χ2v) is 8.24. The lowest BCUT2D eigenvalue weighted by atomic mass is 9.79. The van der Waals surface area contributed by atoms with E-state index in [0.29, 0.717) is 24.3 Å². The lowest BCUT2D eigenvalue weighted by Crippen LogP contribution is -2.50. The van der Waals surface area contributed by atoms with Crippen molar-refractivity contribution in [2.24, 2.45) is 11.7 Å². The number of hydrogen-bond acceptors (Lipinski definition) is 5. The van der Waals surface area contributed by atoms with Gasteiger partial charge >= 0.3 is 5.97 Å². The zero-order chi connectivity index (χ0) is 19.6. The summed E-state index contributed by atoms with van der Waals surface area (Å²) >= 11 is 0. The van der Waals surface area contributed by atoms with Crippen LogP contribution in [0.5, 0.6) is 0 Å². The van der Waals surface area contributed by atoms with Crippen molar-refractivity contribution in [3.8, 4) is 0 Å². The van der Waals surface area contributed by atoms with Crippen LogP contribution in [0.1, 0.15) is 76.0 Å². The average Bonchev–Trinajstić information content (AvgIpc) is 3.13. The molecule has 1 amide bonds. The van der Waals surface area contributed by atoms with Gasteiger partial charge < -0.3 is 14.9 Å². The number of esters is 1. The lowest BCUT2D eigenvalue weighted by Gasteiger charge is -2.36. The first-order valence-electron chi connectivity index (χ1n) is 10.5. The van der Waals surface area contributed by atoms with Gasteiger partial charge in [-0.3, -0.25) is 9.59 Å². The molecule has 1 atom stereocenters. The molecule has 2 aromatic rings. The van der Waals surface area contributed by atoms with E-state index in [1.165, 1.54) is 6.42 Å². The monoisotopic (exact) mass is 384 g/mol. The third-order valence-corrected chi connectivity index (χ3v) is 6.36. The number of nitrogens with two attached hydrogens (primary N) is 1. The van der Waals surface area contributed by atoms with Crippen LogP contribution in [-0.4, -0.2) is 22.5 Å². The Balaban J connectivity index is 1.66. The molecule has 6 nitrogen and oxygen atoms in total. The molecule has 28 heavy (non-hydrogen) atoms. The van der Waals surface area contributed by atoms with Gasteiger partial charge in [0.2, 0.25) is 5.89 Å². The topological polar surface area (TPSA) is 95.4 Å².